The molecule has 1 aliphatic heterocycles. The second-order valence-corrected chi connectivity index (χ2v) is 7.04. The highest BCUT2D eigenvalue weighted by Gasteiger charge is 2.27. The topological polar surface area (TPSA) is 57.6 Å². The molecule has 114 valence electrons. The Morgan fingerprint density at radius 1 is 1.38 bits per heavy atom. The maximum absolute atomic E-state index is 12.1. The van der Waals surface area contributed by atoms with E-state index >= 15 is 0 Å². The Hall–Kier alpha value is -1.01. The number of likely N-dealkylation sites (tertiary alicyclic amines) is 1. The van der Waals surface area contributed by atoms with E-state index in [0.29, 0.717) is 31.7 Å². The van der Waals surface area contributed by atoms with E-state index < -0.39 is 11.9 Å². The van der Waals surface area contributed by atoms with Crippen molar-refractivity contribution in [1.29, 1.82) is 0 Å². The lowest BCUT2D eigenvalue weighted by atomic mass is 9.98. The number of rotatable bonds is 5. The summed E-state index contributed by atoms with van der Waals surface area (Å²) in [7, 11) is 0. The molecular weight excluding hydrogens is 354 g/mol. The number of carboxylic acid groups (broad SMARTS) is 1. The Labute approximate surface area is 137 Å². The molecule has 0 spiro atoms. The third kappa shape index (κ3) is 4.74. The van der Waals surface area contributed by atoms with Gasteiger partial charge in [-0.15, -0.1) is 11.8 Å². The third-order valence-electron chi connectivity index (χ3n) is 3.53. The Kier molecular flexibility index (Phi) is 6.11. The van der Waals surface area contributed by atoms with Crippen LogP contribution in [0.15, 0.2) is 33.6 Å². The van der Waals surface area contributed by atoms with E-state index in [4.69, 9.17) is 5.11 Å². The molecule has 1 N–H and O–H groups in total. The summed E-state index contributed by atoms with van der Waals surface area (Å²) in [4.78, 5) is 26.0. The van der Waals surface area contributed by atoms with Crippen LogP contribution in [0.3, 0.4) is 0 Å². The number of thioether (sulfide) groups is 1. The molecule has 1 aromatic carbocycles. The zero-order chi connectivity index (χ0) is 15.2. The SMILES string of the molecule is O=C(O)C1CCCN(C(=O)CCSc2ccccc2Br)C1. The summed E-state index contributed by atoms with van der Waals surface area (Å²) >= 11 is 5.12. The van der Waals surface area contributed by atoms with Crippen molar-refractivity contribution in [1.82, 2.24) is 4.90 Å². The quantitative estimate of drug-likeness (QED) is 0.807. The van der Waals surface area contributed by atoms with Crippen molar-refractivity contribution in [2.45, 2.75) is 24.2 Å². The summed E-state index contributed by atoms with van der Waals surface area (Å²) < 4.78 is 1.03. The lowest BCUT2D eigenvalue weighted by molar-refractivity contribution is -0.145. The second-order valence-electron chi connectivity index (χ2n) is 5.05. The van der Waals surface area contributed by atoms with E-state index in [9.17, 15) is 9.59 Å². The zero-order valence-corrected chi connectivity index (χ0v) is 14.0. The summed E-state index contributed by atoms with van der Waals surface area (Å²) in [5.74, 6) is -0.440. The van der Waals surface area contributed by atoms with Gasteiger partial charge in [-0.3, -0.25) is 9.59 Å². The first-order chi connectivity index (χ1) is 10.1. The first-order valence-corrected chi connectivity index (χ1v) is 8.73. The first-order valence-electron chi connectivity index (χ1n) is 6.96. The van der Waals surface area contributed by atoms with Gasteiger partial charge in [-0.2, -0.15) is 0 Å². The van der Waals surface area contributed by atoms with E-state index in [1.165, 1.54) is 0 Å². The minimum atomic E-state index is -0.796. The van der Waals surface area contributed by atoms with Crippen LogP contribution in [0, 0.1) is 5.92 Å². The van der Waals surface area contributed by atoms with E-state index in [2.05, 4.69) is 15.9 Å². The number of benzene rings is 1. The predicted molar refractivity (Wildman–Crippen MR) is 86.4 cm³/mol. The van der Waals surface area contributed by atoms with E-state index in [1.54, 1.807) is 16.7 Å². The van der Waals surface area contributed by atoms with Gasteiger partial charge in [-0.1, -0.05) is 12.1 Å². The smallest absolute Gasteiger partial charge is 0.308 e. The number of nitrogens with zero attached hydrogens (tertiary/aromatic N) is 1. The maximum Gasteiger partial charge on any atom is 0.308 e. The van der Waals surface area contributed by atoms with Crippen LogP contribution < -0.4 is 0 Å². The number of hydrogen-bond acceptors (Lipinski definition) is 3. The van der Waals surface area contributed by atoms with Crippen LogP contribution in [0.5, 0.6) is 0 Å². The molecule has 0 aromatic heterocycles. The molecule has 1 aliphatic rings. The van der Waals surface area contributed by atoms with Gasteiger partial charge in [0.25, 0.3) is 0 Å². The van der Waals surface area contributed by atoms with Gasteiger partial charge < -0.3 is 10.0 Å². The molecule has 1 fully saturated rings. The monoisotopic (exact) mass is 371 g/mol. The lowest BCUT2D eigenvalue weighted by Gasteiger charge is -2.30. The molecule has 1 unspecified atom stereocenters. The standard InChI is InChI=1S/C15H18BrNO3S/c16-12-5-1-2-6-13(12)21-9-7-14(18)17-8-3-4-11(10-17)15(19)20/h1-2,5-6,11H,3-4,7-10H2,(H,19,20). The molecule has 1 atom stereocenters. The number of carbonyl (C=O) groups is 2. The number of halogens is 1. The van der Waals surface area contributed by atoms with E-state index in [0.717, 1.165) is 15.8 Å². The highest BCUT2D eigenvalue weighted by molar-refractivity contribution is 9.10. The van der Waals surface area contributed by atoms with Crippen molar-refractivity contribution in [3.63, 3.8) is 0 Å². The van der Waals surface area contributed by atoms with Gasteiger partial charge in [-0.25, -0.2) is 0 Å². The Morgan fingerprint density at radius 3 is 2.86 bits per heavy atom. The fraction of sp³-hybridized carbons (Fsp3) is 0.467. The summed E-state index contributed by atoms with van der Waals surface area (Å²) in [6, 6.07) is 7.92. The minimum absolute atomic E-state index is 0.0560. The van der Waals surface area contributed by atoms with Crippen LogP contribution in [0.1, 0.15) is 19.3 Å². The third-order valence-corrected chi connectivity index (χ3v) is 5.56. The van der Waals surface area contributed by atoms with E-state index in [-0.39, 0.29) is 5.91 Å². The molecule has 2 rings (SSSR count). The van der Waals surface area contributed by atoms with Crippen LogP contribution in [-0.4, -0.2) is 40.7 Å². The van der Waals surface area contributed by atoms with Gasteiger partial charge >= 0.3 is 5.97 Å². The Bertz CT molecular complexity index is 523. The van der Waals surface area contributed by atoms with Gasteiger partial charge in [0.15, 0.2) is 0 Å². The van der Waals surface area contributed by atoms with E-state index in [1.807, 2.05) is 24.3 Å². The van der Waals surface area contributed by atoms with Gasteiger partial charge in [0.1, 0.15) is 0 Å². The second kappa shape index (κ2) is 7.84. The summed E-state index contributed by atoms with van der Waals surface area (Å²) in [6.07, 6.45) is 1.89. The fourth-order valence-electron chi connectivity index (χ4n) is 2.37. The molecule has 1 amide bonds. The fourth-order valence-corrected chi connectivity index (χ4v) is 3.88. The molecule has 0 bridgehead atoms. The molecule has 0 saturated carbocycles. The van der Waals surface area contributed by atoms with Crippen molar-refractivity contribution < 1.29 is 14.7 Å². The van der Waals surface area contributed by atoms with Crippen LogP contribution >= 0.6 is 27.7 Å². The molecule has 21 heavy (non-hydrogen) atoms. The van der Waals surface area contributed by atoms with Crippen molar-refractivity contribution in [2.24, 2.45) is 5.92 Å². The summed E-state index contributed by atoms with van der Waals surface area (Å²) in [5.41, 5.74) is 0. The Balaban J connectivity index is 1.79. The number of carbonyl (C=O) groups excluding carboxylic acids is 1. The van der Waals surface area contributed by atoms with Crippen LogP contribution in [-0.2, 0) is 9.59 Å². The van der Waals surface area contributed by atoms with Crippen molar-refractivity contribution >= 4 is 39.6 Å². The number of amides is 1. The average Bonchev–Trinajstić information content (AvgIpc) is 2.49. The van der Waals surface area contributed by atoms with Gasteiger partial charge in [0, 0.05) is 34.6 Å². The number of piperidine rings is 1. The zero-order valence-electron chi connectivity index (χ0n) is 11.6. The lowest BCUT2D eigenvalue weighted by Crippen LogP contribution is -2.42. The largest absolute Gasteiger partial charge is 0.481 e. The van der Waals surface area contributed by atoms with Gasteiger partial charge in [0.05, 0.1) is 5.92 Å². The van der Waals surface area contributed by atoms with Crippen molar-refractivity contribution in [3.05, 3.63) is 28.7 Å². The van der Waals surface area contributed by atoms with Gasteiger partial charge in [-0.05, 0) is 40.9 Å². The van der Waals surface area contributed by atoms with Crippen molar-refractivity contribution in [2.75, 3.05) is 18.8 Å². The predicted octanol–water partition coefficient (Wildman–Crippen LogP) is 3.25. The van der Waals surface area contributed by atoms with Crippen LogP contribution in [0.2, 0.25) is 0 Å². The number of carboxylic acids is 1. The maximum atomic E-state index is 12.1. The van der Waals surface area contributed by atoms with Crippen molar-refractivity contribution in [3.8, 4) is 0 Å². The summed E-state index contributed by atoms with van der Waals surface area (Å²) in [5, 5.41) is 9.05. The molecule has 0 radical (unpaired) electrons. The Morgan fingerprint density at radius 2 is 2.14 bits per heavy atom. The highest BCUT2D eigenvalue weighted by atomic mass is 79.9. The van der Waals surface area contributed by atoms with Crippen LogP contribution in [0.4, 0.5) is 0 Å². The molecule has 1 aromatic rings. The number of aliphatic carboxylic acids is 1. The molecule has 6 heteroatoms. The average molecular weight is 372 g/mol. The first kappa shape index (κ1) is 16.4. The minimum Gasteiger partial charge on any atom is -0.481 e. The molecule has 0 aliphatic carbocycles. The number of hydrogen-bond donors (Lipinski definition) is 1. The van der Waals surface area contributed by atoms with Crippen LogP contribution in [0.25, 0.3) is 0 Å². The van der Waals surface area contributed by atoms with Gasteiger partial charge in [0.2, 0.25) is 5.91 Å². The normalized spacial score (nSPS) is 18.5. The summed E-state index contributed by atoms with van der Waals surface area (Å²) in [6.45, 7) is 1.04. The highest BCUT2D eigenvalue weighted by Crippen LogP contribution is 2.27. The molecule has 4 nitrogen and oxygen atoms in total. The molecule has 1 heterocycles. The molecule has 1 saturated heterocycles. The molecular formula is C15H18BrNO3S.